The third-order valence-electron chi connectivity index (χ3n) is 3.32. The number of H-pyrrole nitrogens is 1. The highest BCUT2D eigenvalue weighted by molar-refractivity contribution is 5.82. The molecule has 6 nitrogen and oxygen atoms in total. The zero-order valence-electron chi connectivity index (χ0n) is 13.5. The first-order chi connectivity index (χ1) is 11.8. The molecule has 0 amide bonds. The molecule has 0 radical (unpaired) electrons. The summed E-state index contributed by atoms with van der Waals surface area (Å²) in [7, 11) is 1.60. The maximum Gasteiger partial charge on any atom is 0.299 e. The van der Waals surface area contributed by atoms with Gasteiger partial charge in [0.1, 0.15) is 0 Å². The van der Waals surface area contributed by atoms with Gasteiger partial charge in [-0.1, -0.05) is 12.2 Å². The molecule has 0 aliphatic carbocycles. The number of nitrogens with zero attached hydrogens (tertiary/aromatic N) is 2. The number of aromatic nitrogens is 3. The van der Waals surface area contributed by atoms with E-state index in [1.807, 2.05) is 43.4 Å². The van der Waals surface area contributed by atoms with Crippen LogP contribution in [0.2, 0.25) is 0 Å². The Balaban J connectivity index is 1.80. The highest BCUT2D eigenvalue weighted by atomic mass is 16.5. The van der Waals surface area contributed by atoms with Gasteiger partial charge in [-0.25, -0.2) is 4.98 Å². The Labute approximate surface area is 139 Å². The Kier molecular flexibility index (Phi) is 4.76. The third kappa shape index (κ3) is 3.55. The van der Waals surface area contributed by atoms with Crippen molar-refractivity contribution in [3.63, 3.8) is 0 Å². The van der Waals surface area contributed by atoms with Crippen molar-refractivity contribution in [2.24, 2.45) is 0 Å². The quantitative estimate of drug-likeness (QED) is 0.519. The van der Waals surface area contributed by atoms with Crippen molar-refractivity contribution in [2.45, 2.75) is 6.92 Å². The van der Waals surface area contributed by atoms with Gasteiger partial charge in [0.15, 0.2) is 5.76 Å². The first kappa shape index (κ1) is 15.6. The summed E-state index contributed by atoms with van der Waals surface area (Å²) in [6, 6.07) is 6.31. The second kappa shape index (κ2) is 7.32. The zero-order chi connectivity index (χ0) is 16.8. The molecule has 0 aliphatic heterocycles. The van der Waals surface area contributed by atoms with Crippen molar-refractivity contribution in [1.29, 1.82) is 0 Å². The van der Waals surface area contributed by atoms with Crippen LogP contribution in [0, 0.1) is 0 Å². The molecule has 0 unspecified atom stereocenters. The number of aromatic amines is 1. The molecule has 0 bridgehead atoms. The molecule has 0 fully saturated rings. The molecule has 122 valence electrons. The average Bonchev–Trinajstić information content (AvgIpc) is 3.23. The van der Waals surface area contributed by atoms with Gasteiger partial charge in [0, 0.05) is 16.6 Å². The summed E-state index contributed by atoms with van der Waals surface area (Å²) in [4.78, 5) is 4.28. The molecule has 24 heavy (non-hydrogen) atoms. The normalized spacial score (nSPS) is 12.5. The molecular weight excluding hydrogens is 304 g/mol. The van der Waals surface area contributed by atoms with Gasteiger partial charge in [-0.2, -0.15) is 5.10 Å². The molecule has 3 rings (SSSR count). The minimum Gasteiger partial charge on any atom is -0.504 e. The number of hydrogen-bond donors (Lipinski definition) is 2. The fourth-order valence-corrected chi connectivity index (χ4v) is 2.22. The summed E-state index contributed by atoms with van der Waals surface area (Å²) in [6.07, 6.45) is 12.6. The summed E-state index contributed by atoms with van der Waals surface area (Å²) < 4.78 is 10.7. The maximum atomic E-state index is 5.78. The SMILES string of the molecule is C\C=C/C(=C\C=C\OC)c1cnc(Nc2ccc3cn[nH]c3c2)o1. The number of methoxy groups -OCH3 is 1. The monoisotopic (exact) mass is 322 g/mol. The topological polar surface area (TPSA) is 76.0 Å². The van der Waals surface area contributed by atoms with E-state index in [9.17, 15) is 0 Å². The van der Waals surface area contributed by atoms with Gasteiger partial charge in [-0.3, -0.25) is 5.10 Å². The van der Waals surface area contributed by atoms with Gasteiger partial charge in [0.2, 0.25) is 0 Å². The highest BCUT2D eigenvalue weighted by Gasteiger charge is 2.07. The molecule has 0 aliphatic rings. The lowest BCUT2D eigenvalue weighted by Crippen LogP contribution is -1.89. The van der Waals surface area contributed by atoms with Gasteiger partial charge < -0.3 is 14.5 Å². The van der Waals surface area contributed by atoms with Crippen molar-refractivity contribution in [3.8, 4) is 0 Å². The van der Waals surface area contributed by atoms with E-state index in [1.165, 1.54) is 0 Å². The van der Waals surface area contributed by atoms with Crippen LogP contribution in [0.15, 0.2) is 65.6 Å². The Morgan fingerprint density at radius 2 is 2.25 bits per heavy atom. The Hall–Kier alpha value is -3.28. The number of ether oxygens (including phenoxy) is 1. The lowest BCUT2D eigenvalue weighted by Gasteiger charge is -2.01. The fourth-order valence-electron chi connectivity index (χ4n) is 2.22. The maximum absolute atomic E-state index is 5.78. The zero-order valence-corrected chi connectivity index (χ0v) is 13.5. The summed E-state index contributed by atoms with van der Waals surface area (Å²) in [5.74, 6) is 0.666. The van der Waals surface area contributed by atoms with Crippen LogP contribution in [0.3, 0.4) is 0 Å². The molecule has 2 N–H and O–H groups in total. The number of hydrogen-bond acceptors (Lipinski definition) is 5. The molecule has 0 atom stereocenters. The number of fused-ring (bicyclic) bond motifs is 1. The standard InChI is InChI=1S/C18H18N4O2/c1-3-5-13(6-4-9-23-2)17-12-19-18(24-17)21-15-8-7-14-11-20-22-16(14)10-15/h3-12H,1-2H3,(H,19,21)(H,20,22)/b5-3-,9-4+,13-6+. The number of anilines is 2. The lowest BCUT2D eigenvalue weighted by molar-refractivity contribution is 0.338. The van der Waals surface area contributed by atoms with E-state index >= 15 is 0 Å². The first-order valence-electron chi connectivity index (χ1n) is 7.49. The molecule has 0 spiro atoms. The average molecular weight is 322 g/mol. The van der Waals surface area contributed by atoms with Crippen molar-refractivity contribution in [1.82, 2.24) is 15.2 Å². The van der Waals surface area contributed by atoms with Crippen LogP contribution >= 0.6 is 0 Å². The van der Waals surface area contributed by atoms with E-state index < -0.39 is 0 Å². The molecular formula is C18H18N4O2. The highest BCUT2D eigenvalue weighted by Crippen LogP contribution is 2.24. The predicted molar refractivity (Wildman–Crippen MR) is 94.8 cm³/mol. The van der Waals surface area contributed by atoms with Gasteiger partial charge >= 0.3 is 0 Å². The van der Waals surface area contributed by atoms with Gasteiger partial charge in [0.05, 0.1) is 31.3 Å². The molecule has 2 heterocycles. The number of nitrogens with one attached hydrogen (secondary N) is 2. The van der Waals surface area contributed by atoms with Crippen molar-refractivity contribution >= 4 is 28.2 Å². The van der Waals surface area contributed by atoms with Crippen molar-refractivity contribution in [2.75, 3.05) is 12.4 Å². The van der Waals surface area contributed by atoms with E-state index in [2.05, 4.69) is 20.5 Å². The largest absolute Gasteiger partial charge is 0.504 e. The van der Waals surface area contributed by atoms with E-state index in [4.69, 9.17) is 9.15 Å². The van der Waals surface area contributed by atoms with Crippen LogP contribution in [-0.4, -0.2) is 22.3 Å². The third-order valence-corrected chi connectivity index (χ3v) is 3.32. The van der Waals surface area contributed by atoms with Crippen LogP contribution < -0.4 is 5.32 Å². The Morgan fingerprint density at radius 3 is 3.08 bits per heavy atom. The predicted octanol–water partition coefficient (Wildman–Crippen LogP) is 4.41. The molecule has 1 aromatic carbocycles. The number of benzene rings is 1. The number of oxazole rings is 1. The van der Waals surface area contributed by atoms with Gasteiger partial charge in [0.25, 0.3) is 6.01 Å². The first-order valence-corrected chi connectivity index (χ1v) is 7.49. The van der Waals surface area contributed by atoms with Crippen LogP contribution in [-0.2, 0) is 4.74 Å². The van der Waals surface area contributed by atoms with Crippen LogP contribution in [0.5, 0.6) is 0 Å². The van der Waals surface area contributed by atoms with E-state index in [0.29, 0.717) is 11.8 Å². The number of allylic oxidation sites excluding steroid dienone is 5. The summed E-state index contributed by atoms with van der Waals surface area (Å²) in [6.45, 7) is 1.95. The second-order valence-corrected chi connectivity index (χ2v) is 5.01. The Bertz CT molecular complexity index is 903. The minimum absolute atomic E-state index is 0.426. The van der Waals surface area contributed by atoms with Crippen molar-refractivity contribution in [3.05, 3.63) is 66.9 Å². The molecule has 2 aromatic heterocycles. The van der Waals surface area contributed by atoms with Crippen molar-refractivity contribution < 1.29 is 9.15 Å². The van der Waals surface area contributed by atoms with E-state index in [0.717, 1.165) is 22.2 Å². The van der Waals surface area contributed by atoms with Crippen LogP contribution in [0.25, 0.3) is 16.5 Å². The lowest BCUT2D eigenvalue weighted by atomic mass is 10.2. The summed E-state index contributed by atoms with van der Waals surface area (Å²) in [5.41, 5.74) is 2.72. The van der Waals surface area contributed by atoms with Crippen LogP contribution in [0.4, 0.5) is 11.7 Å². The van der Waals surface area contributed by atoms with Crippen LogP contribution in [0.1, 0.15) is 12.7 Å². The van der Waals surface area contributed by atoms with Gasteiger partial charge in [-0.15, -0.1) is 0 Å². The summed E-state index contributed by atoms with van der Waals surface area (Å²) >= 11 is 0. The molecule has 6 heteroatoms. The molecule has 3 aromatic rings. The fraction of sp³-hybridized carbons (Fsp3) is 0.111. The van der Waals surface area contributed by atoms with Gasteiger partial charge in [-0.05, 0) is 37.3 Å². The molecule has 0 saturated carbocycles. The number of rotatable bonds is 6. The summed E-state index contributed by atoms with van der Waals surface area (Å²) in [5, 5.41) is 11.1. The minimum atomic E-state index is 0.426. The van der Waals surface area contributed by atoms with E-state index in [1.54, 1.807) is 31.8 Å². The molecule has 0 saturated heterocycles. The second-order valence-electron chi connectivity index (χ2n) is 5.01. The Morgan fingerprint density at radius 1 is 1.33 bits per heavy atom. The smallest absolute Gasteiger partial charge is 0.299 e. The van der Waals surface area contributed by atoms with E-state index in [-0.39, 0.29) is 0 Å².